The first-order valence-corrected chi connectivity index (χ1v) is 8.96. The molecule has 0 aliphatic carbocycles. The van der Waals surface area contributed by atoms with Crippen molar-refractivity contribution < 1.29 is 14.6 Å². The number of anilines is 1. The van der Waals surface area contributed by atoms with Crippen LogP contribution in [0.2, 0.25) is 0 Å². The lowest BCUT2D eigenvalue weighted by Gasteiger charge is -2.35. The average Bonchev–Trinajstić information content (AvgIpc) is 3.10. The maximum Gasteiger partial charge on any atom is 0.246 e. The number of ether oxygens (including phenoxy) is 1. The molecule has 1 aromatic carbocycles. The molecule has 2 aromatic rings. The van der Waals surface area contributed by atoms with Crippen LogP contribution >= 0.6 is 0 Å². The molecule has 0 spiro atoms. The number of hydrogen-bond donors (Lipinski definition) is 2. The van der Waals surface area contributed by atoms with E-state index in [2.05, 4.69) is 15.3 Å². The van der Waals surface area contributed by atoms with Crippen LogP contribution in [0.15, 0.2) is 42.7 Å². The van der Waals surface area contributed by atoms with E-state index in [0.29, 0.717) is 44.8 Å². The normalized spacial score (nSPS) is 17.2. The molecule has 1 saturated heterocycles. The predicted octanol–water partition coefficient (Wildman–Crippen LogP) is 1.67. The molecule has 2 heterocycles. The number of likely N-dealkylation sites (tertiary alicyclic amines) is 1. The fourth-order valence-corrected chi connectivity index (χ4v) is 3.25. The third-order valence-electron chi connectivity index (χ3n) is 4.65. The number of nitrogens with zero attached hydrogens (tertiary/aromatic N) is 3. The van der Waals surface area contributed by atoms with Gasteiger partial charge in [0.05, 0.1) is 31.1 Å². The molecule has 1 unspecified atom stereocenters. The molecule has 0 saturated carbocycles. The Morgan fingerprint density at radius 1 is 1.35 bits per heavy atom. The van der Waals surface area contributed by atoms with E-state index in [1.807, 2.05) is 30.3 Å². The average molecular weight is 358 g/mol. The van der Waals surface area contributed by atoms with Gasteiger partial charge in [-0.25, -0.2) is 0 Å². The van der Waals surface area contributed by atoms with Crippen LogP contribution in [0.4, 0.5) is 5.69 Å². The molecule has 1 fully saturated rings. The molecule has 3 rings (SSSR count). The van der Waals surface area contributed by atoms with Crippen LogP contribution in [0.1, 0.15) is 24.4 Å². The van der Waals surface area contributed by atoms with Crippen molar-refractivity contribution in [3.05, 3.63) is 48.3 Å². The smallest absolute Gasteiger partial charge is 0.246 e. The standard InChI is InChI=1S/C19H26N4O3/c1-26-12-11-23-14-16(13-20-23)21-19(25)18(15-5-3-2-4-6-15)22-9-7-17(24)8-10-22/h2-6,13-14,17-18,24H,7-12H2,1H3,(H,21,25). The Morgan fingerprint density at radius 2 is 2.08 bits per heavy atom. The maximum absolute atomic E-state index is 13.0. The number of piperidine rings is 1. The second kappa shape index (κ2) is 8.93. The number of carbonyl (C=O) groups excluding carboxylic acids is 1. The summed E-state index contributed by atoms with van der Waals surface area (Å²) >= 11 is 0. The predicted molar refractivity (Wildman–Crippen MR) is 98.7 cm³/mol. The van der Waals surface area contributed by atoms with Crippen LogP contribution in [0.25, 0.3) is 0 Å². The molecule has 1 aromatic heterocycles. The van der Waals surface area contributed by atoms with E-state index in [9.17, 15) is 9.90 Å². The van der Waals surface area contributed by atoms with Crippen molar-refractivity contribution in [1.29, 1.82) is 0 Å². The SMILES string of the molecule is COCCn1cc(NC(=O)C(c2ccccc2)N2CCC(O)CC2)cn1. The molecule has 1 aliphatic rings. The lowest BCUT2D eigenvalue weighted by Crippen LogP contribution is -2.43. The number of amides is 1. The van der Waals surface area contributed by atoms with Gasteiger partial charge in [-0.1, -0.05) is 30.3 Å². The largest absolute Gasteiger partial charge is 0.393 e. The van der Waals surface area contributed by atoms with Gasteiger partial charge in [0.25, 0.3) is 0 Å². The maximum atomic E-state index is 13.0. The molecule has 1 atom stereocenters. The van der Waals surface area contributed by atoms with Gasteiger partial charge in [-0.3, -0.25) is 14.4 Å². The summed E-state index contributed by atoms with van der Waals surface area (Å²) in [6.07, 6.45) is 4.55. The third kappa shape index (κ3) is 4.69. The molecular formula is C19H26N4O3. The first-order valence-electron chi connectivity index (χ1n) is 8.96. The highest BCUT2D eigenvalue weighted by Crippen LogP contribution is 2.26. The number of aliphatic hydroxyl groups excluding tert-OH is 1. The number of hydrogen-bond acceptors (Lipinski definition) is 5. The molecule has 7 nitrogen and oxygen atoms in total. The van der Waals surface area contributed by atoms with E-state index in [1.165, 1.54) is 0 Å². The van der Waals surface area contributed by atoms with Gasteiger partial charge in [-0.05, 0) is 18.4 Å². The van der Waals surface area contributed by atoms with Gasteiger partial charge in [0.15, 0.2) is 0 Å². The van der Waals surface area contributed by atoms with Gasteiger partial charge >= 0.3 is 0 Å². The zero-order valence-corrected chi connectivity index (χ0v) is 15.0. The Balaban J connectivity index is 1.73. The van der Waals surface area contributed by atoms with Crippen LogP contribution in [0.3, 0.4) is 0 Å². The molecular weight excluding hydrogens is 332 g/mol. The summed E-state index contributed by atoms with van der Waals surface area (Å²) in [5.74, 6) is -0.0844. The Kier molecular flexibility index (Phi) is 6.38. The summed E-state index contributed by atoms with van der Waals surface area (Å²) in [7, 11) is 1.65. The number of nitrogens with one attached hydrogen (secondary N) is 1. The summed E-state index contributed by atoms with van der Waals surface area (Å²) in [6, 6.07) is 9.38. The van der Waals surface area contributed by atoms with Crippen molar-refractivity contribution in [2.24, 2.45) is 0 Å². The highest BCUT2D eigenvalue weighted by Gasteiger charge is 2.30. The highest BCUT2D eigenvalue weighted by atomic mass is 16.5. The summed E-state index contributed by atoms with van der Waals surface area (Å²) in [4.78, 5) is 15.2. The molecule has 1 amide bonds. The van der Waals surface area contributed by atoms with Crippen molar-refractivity contribution in [2.75, 3.05) is 32.1 Å². The van der Waals surface area contributed by atoms with Gasteiger partial charge in [-0.2, -0.15) is 5.10 Å². The first-order chi connectivity index (χ1) is 12.7. The lowest BCUT2D eigenvalue weighted by atomic mass is 10.00. The van der Waals surface area contributed by atoms with Crippen LogP contribution in [-0.4, -0.2) is 58.6 Å². The summed E-state index contributed by atoms with van der Waals surface area (Å²) in [5, 5.41) is 17.0. The van der Waals surface area contributed by atoms with E-state index in [-0.39, 0.29) is 18.1 Å². The monoisotopic (exact) mass is 358 g/mol. The second-order valence-electron chi connectivity index (χ2n) is 6.55. The number of carbonyl (C=O) groups is 1. The minimum Gasteiger partial charge on any atom is -0.393 e. The van der Waals surface area contributed by atoms with Crippen LogP contribution in [0, 0.1) is 0 Å². The quantitative estimate of drug-likeness (QED) is 0.787. The van der Waals surface area contributed by atoms with E-state index in [4.69, 9.17) is 4.74 Å². The van der Waals surface area contributed by atoms with Crippen molar-refractivity contribution in [3.8, 4) is 0 Å². The Morgan fingerprint density at radius 3 is 2.77 bits per heavy atom. The number of rotatable bonds is 7. The second-order valence-corrected chi connectivity index (χ2v) is 6.55. The van der Waals surface area contributed by atoms with Crippen LogP contribution in [0.5, 0.6) is 0 Å². The van der Waals surface area contributed by atoms with Crippen LogP contribution in [-0.2, 0) is 16.1 Å². The molecule has 2 N–H and O–H groups in total. The highest BCUT2D eigenvalue weighted by molar-refractivity contribution is 5.95. The van der Waals surface area contributed by atoms with Gasteiger partial charge < -0.3 is 15.2 Å². The number of methoxy groups -OCH3 is 1. The minimum atomic E-state index is -0.383. The molecule has 0 bridgehead atoms. The molecule has 140 valence electrons. The molecule has 0 radical (unpaired) electrons. The molecule has 26 heavy (non-hydrogen) atoms. The fraction of sp³-hybridized carbons (Fsp3) is 0.474. The molecule has 7 heteroatoms. The van der Waals surface area contributed by atoms with E-state index >= 15 is 0 Å². The molecule has 1 aliphatic heterocycles. The number of benzene rings is 1. The topological polar surface area (TPSA) is 79.6 Å². The fourth-order valence-electron chi connectivity index (χ4n) is 3.25. The van der Waals surface area contributed by atoms with Crippen molar-refractivity contribution in [1.82, 2.24) is 14.7 Å². The zero-order chi connectivity index (χ0) is 18.4. The van der Waals surface area contributed by atoms with Gasteiger partial charge in [0.1, 0.15) is 6.04 Å². The Bertz CT molecular complexity index is 696. The first kappa shape index (κ1) is 18.6. The van der Waals surface area contributed by atoms with Crippen molar-refractivity contribution in [3.63, 3.8) is 0 Å². The van der Waals surface area contributed by atoms with E-state index in [0.717, 1.165) is 5.56 Å². The summed E-state index contributed by atoms with van der Waals surface area (Å²) in [5.41, 5.74) is 1.62. The number of aromatic nitrogens is 2. The number of aliphatic hydroxyl groups is 1. The van der Waals surface area contributed by atoms with E-state index in [1.54, 1.807) is 24.2 Å². The van der Waals surface area contributed by atoms with Gasteiger partial charge in [0.2, 0.25) is 5.91 Å². The summed E-state index contributed by atoms with van der Waals surface area (Å²) in [6.45, 7) is 2.60. The van der Waals surface area contributed by atoms with Crippen LogP contribution < -0.4 is 5.32 Å². The zero-order valence-electron chi connectivity index (χ0n) is 15.0. The Hall–Kier alpha value is -2.22. The lowest BCUT2D eigenvalue weighted by molar-refractivity contribution is -0.122. The summed E-state index contributed by atoms with van der Waals surface area (Å²) < 4.78 is 6.79. The van der Waals surface area contributed by atoms with Gasteiger partial charge in [0, 0.05) is 26.4 Å². The van der Waals surface area contributed by atoms with Crippen molar-refractivity contribution >= 4 is 11.6 Å². The third-order valence-corrected chi connectivity index (χ3v) is 4.65. The Labute approximate surface area is 153 Å². The van der Waals surface area contributed by atoms with E-state index < -0.39 is 0 Å². The van der Waals surface area contributed by atoms with Gasteiger partial charge in [-0.15, -0.1) is 0 Å². The minimum absolute atomic E-state index is 0.0844. The van der Waals surface area contributed by atoms with Crippen molar-refractivity contribution in [2.45, 2.75) is 31.5 Å².